The van der Waals surface area contributed by atoms with Gasteiger partial charge in [-0.25, -0.2) is 9.97 Å². The Labute approximate surface area is 157 Å². The first-order valence-electron chi connectivity index (χ1n) is 8.82. The zero-order valence-corrected chi connectivity index (χ0v) is 14.8. The molecule has 0 saturated carbocycles. The molecule has 0 aliphatic heterocycles. The highest BCUT2D eigenvalue weighted by Gasteiger charge is 2.33. The van der Waals surface area contributed by atoms with Gasteiger partial charge in [-0.15, -0.1) is 0 Å². The first-order valence-corrected chi connectivity index (χ1v) is 8.82. The van der Waals surface area contributed by atoms with E-state index in [-0.39, 0.29) is 5.71 Å². The van der Waals surface area contributed by atoms with Crippen LogP contribution in [0.3, 0.4) is 0 Å². The van der Waals surface area contributed by atoms with Crippen LogP contribution in [-0.2, 0) is 12.7 Å². The molecule has 3 aromatic heterocycles. The lowest BCUT2D eigenvalue weighted by molar-refractivity contribution is -0.141. The van der Waals surface area contributed by atoms with E-state index in [4.69, 9.17) is 9.40 Å². The summed E-state index contributed by atoms with van der Waals surface area (Å²) in [5.41, 5.74) is 2.05. The van der Waals surface area contributed by atoms with Gasteiger partial charge in [0.2, 0.25) is 5.71 Å². The molecule has 0 bridgehead atoms. The number of rotatable bonds is 2. The fourth-order valence-electron chi connectivity index (χ4n) is 3.61. The number of pyridine rings is 1. The van der Waals surface area contributed by atoms with Crippen molar-refractivity contribution in [3.8, 4) is 11.4 Å². The highest BCUT2D eigenvalue weighted by Crippen LogP contribution is 2.37. The molecule has 3 heterocycles. The smallest absolute Gasteiger partial charge is 0.433 e. The number of aromatic nitrogens is 3. The van der Waals surface area contributed by atoms with Gasteiger partial charge in [0.05, 0.1) is 16.6 Å². The van der Waals surface area contributed by atoms with Crippen LogP contribution in [0.5, 0.6) is 0 Å². The number of alkyl halides is 3. The van der Waals surface area contributed by atoms with Gasteiger partial charge >= 0.3 is 6.18 Å². The van der Waals surface area contributed by atoms with E-state index >= 15 is 0 Å². The van der Waals surface area contributed by atoms with Gasteiger partial charge in [-0.05, 0) is 37.3 Å². The quantitative estimate of drug-likeness (QED) is 0.375. The number of aryl methyl sites for hydroxylation is 1. The van der Waals surface area contributed by atoms with Crippen molar-refractivity contribution in [2.75, 3.05) is 0 Å². The number of para-hydroxylation sites is 3. The number of halogens is 3. The van der Waals surface area contributed by atoms with E-state index in [1.54, 1.807) is 0 Å². The second kappa shape index (κ2) is 5.82. The van der Waals surface area contributed by atoms with Crippen molar-refractivity contribution in [3.05, 3.63) is 60.3 Å². The number of fused-ring (bicyclic) bond motifs is 4. The predicted octanol–water partition coefficient (Wildman–Crippen LogP) is 6.04. The minimum absolute atomic E-state index is 0.0311. The minimum atomic E-state index is -4.52. The maximum absolute atomic E-state index is 13.0. The van der Waals surface area contributed by atoms with Crippen molar-refractivity contribution in [1.29, 1.82) is 0 Å². The van der Waals surface area contributed by atoms with Gasteiger partial charge in [0.25, 0.3) is 0 Å². The summed E-state index contributed by atoms with van der Waals surface area (Å²) in [6.07, 6.45) is -4.52. The summed E-state index contributed by atoms with van der Waals surface area (Å²) in [5.74, 6) is 0.712. The first kappa shape index (κ1) is 16.8. The van der Waals surface area contributed by atoms with Crippen molar-refractivity contribution in [2.24, 2.45) is 0 Å². The van der Waals surface area contributed by atoms with Crippen LogP contribution in [0.25, 0.3) is 44.5 Å². The zero-order valence-electron chi connectivity index (χ0n) is 14.8. The molecule has 2 aromatic carbocycles. The average Bonchev–Trinajstić information content (AvgIpc) is 3.24. The van der Waals surface area contributed by atoms with Gasteiger partial charge in [0, 0.05) is 17.3 Å². The van der Waals surface area contributed by atoms with Crippen LogP contribution in [0, 0.1) is 0 Å². The summed E-state index contributed by atoms with van der Waals surface area (Å²) in [7, 11) is 0. The molecular weight excluding hydrogens is 367 g/mol. The van der Waals surface area contributed by atoms with E-state index in [0.717, 1.165) is 22.7 Å². The summed E-state index contributed by atoms with van der Waals surface area (Å²) >= 11 is 0. The van der Waals surface area contributed by atoms with Crippen LogP contribution in [0.4, 0.5) is 13.2 Å². The van der Waals surface area contributed by atoms with Crippen molar-refractivity contribution in [3.63, 3.8) is 0 Å². The van der Waals surface area contributed by atoms with E-state index in [1.165, 1.54) is 6.07 Å². The van der Waals surface area contributed by atoms with E-state index < -0.39 is 11.9 Å². The Hall–Kier alpha value is -3.35. The largest absolute Gasteiger partial charge is 0.437 e. The third kappa shape index (κ3) is 2.39. The Morgan fingerprint density at radius 2 is 1.75 bits per heavy atom. The molecule has 5 rings (SSSR count). The maximum Gasteiger partial charge on any atom is 0.433 e. The molecule has 0 saturated heterocycles. The second-order valence-electron chi connectivity index (χ2n) is 6.50. The standard InChI is InChI=1S/C21H14F3N3O/c1-2-27-16-9-4-3-8-15(16)25-19(27)14-7-5-6-12-13-10-11-17(21(22,23)24)26-20(13)28-18(12)14/h3-11H,2H2,1H3. The fraction of sp³-hybridized carbons (Fsp3) is 0.143. The lowest BCUT2D eigenvalue weighted by atomic mass is 10.1. The summed E-state index contributed by atoms with van der Waals surface area (Å²) in [4.78, 5) is 8.42. The van der Waals surface area contributed by atoms with E-state index in [0.29, 0.717) is 28.7 Å². The average molecular weight is 381 g/mol. The normalized spacial score (nSPS) is 12.4. The number of imidazole rings is 1. The minimum Gasteiger partial charge on any atom is -0.437 e. The third-order valence-corrected chi connectivity index (χ3v) is 4.87. The van der Waals surface area contributed by atoms with Gasteiger partial charge in [-0.1, -0.05) is 24.3 Å². The lowest BCUT2D eigenvalue weighted by Crippen LogP contribution is -2.07. The number of hydrogen-bond acceptors (Lipinski definition) is 3. The van der Waals surface area contributed by atoms with Crippen molar-refractivity contribution in [2.45, 2.75) is 19.6 Å². The van der Waals surface area contributed by atoms with Gasteiger partial charge < -0.3 is 8.98 Å². The van der Waals surface area contributed by atoms with Crippen LogP contribution in [-0.4, -0.2) is 14.5 Å². The molecule has 0 amide bonds. The summed E-state index contributed by atoms with van der Waals surface area (Å²) in [6.45, 7) is 2.72. The SMILES string of the molecule is CCn1c(-c2cccc3c2oc2nc(C(F)(F)F)ccc23)nc2ccccc21. The second-order valence-corrected chi connectivity index (χ2v) is 6.50. The number of nitrogens with zero attached hydrogens (tertiary/aromatic N) is 3. The topological polar surface area (TPSA) is 43.9 Å². The molecule has 140 valence electrons. The van der Waals surface area contributed by atoms with Crippen LogP contribution >= 0.6 is 0 Å². The Morgan fingerprint density at radius 3 is 2.54 bits per heavy atom. The highest BCUT2D eigenvalue weighted by molar-refractivity contribution is 6.08. The van der Waals surface area contributed by atoms with E-state index in [2.05, 4.69) is 9.55 Å². The van der Waals surface area contributed by atoms with Crippen LogP contribution < -0.4 is 0 Å². The van der Waals surface area contributed by atoms with Crippen LogP contribution in [0.15, 0.2) is 59.0 Å². The molecule has 0 atom stereocenters. The Kier molecular flexibility index (Phi) is 3.49. The van der Waals surface area contributed by atoms with Crippen molar-refractivity contribution < 1.29 is 17.6 Å². The molecule has 0 aliphatic rings. The summed E-state index contributed by atoms with van der Waals surface area (Å²) in [5, 5.41) is 1.26. The predicted molar refractivity (Wildman–Crippen MR) is 101 cm³/mol. The summed E-state index contributed by atoms with van der Waals surface area (Å²) < 4.78 is 46.9. The molecule has 0 N–H and O–H groups in total. The van der Waals surface area contributed by atoms with Gasteiger partial charge in [0.15, 0.2) is 0 Å². The van der Waals surface area contributed by atoms with E-state index in [1.807, 2.05) is 49.4 Å². The highest BCUT2D eigenvalue weighted by atomic mass is 19.4. The Balaban J connectivity index is 1.81. The Morgan fingerprint density at radius 1 is 0.929 bits per heavy atom. The lowest BCUT2D eigenvalue weighted by Gasteiger charge is -2.06. The molecule has 0 unspecified atom stereocenters. The zero-order chi connectivity index (χ0) is 19.5. The maximum atomic E-state index is 13.0. The van der Waals surface area contributed by atoms with Crippen molar-refractivity contribution >= 4 is 33.1 Å². The van der Waals surface area contributed by atoms with Gasteiger partial charge in [-0.2, -0.15) is 13.2 Å². The first-order chi connectivity index (χ1) is 13.5. The van der Waals surface area contributed by atoms with Gasteiger partial charge in [0.1, 0.15) is 17.1 Å². The molecule has 28 heavy (non-hydrogen) atoms. The molecule has 7 heteroatoms. The fourth-order valence-corrected chi connectivity index (χ4v) is 3.61. The third-order valence-electron chi connectivity index (χ3n) is 4.87. The van der Waals surface area contributed by atoms with Gasteiger partial charge in [-0.3, -0.25) is 0 Å². The molecule has 5 aromatic rings. The molecule has 0 spiro atoms. The number of hydrogen-bond donors (Lipinski definition) is 0. The van der Waals surface area contributed by atoms with Crippen LogP contribution in [0.2, 0.25) is 0 Å². The molecule has 0 aliphatic carbocycles. The summed E-state index contributed by atoms with van der Waals surface area (Å²) in [6, 6.07) is 15.7. The molecule has 0 fully saturated rings. The number of furan rings is 1. The number of benzene rings is 2. The monoisotopic (exact) mass is 381 g/mol. The van der Waals surface area contributed by atoms with Crippen LogP contribution in [0.1, 0.15) is 12.6 Å². The molecule has 0 radical (unpaired) electrons. The molecule has 4 nitrogen and oxygen atoms in total. The van der Waals surface area contributed by atoms with E-state index in [9.17, 15) is 13.2 Å². The Bertz CT molecular complexity index is 1350. The molecular formula is C21H14F3N3O. The van der Waals surface area contributed by atoms with Crippen molar-refractivity contribution in [1.82, 2.24) is 14.5 Å².